The van der Waals surface area contributed by atoms with Gasteiger partial charge in [0.25, 0.3) is 0 Å². The van der Waals surface area contributed by atoms with E-state index in [0.29, 0.717) is 0 Å². The van der Waals surface area contributed by atoms with Gasteiger partial charge in [-0.1, -0.05) is 6.92 Å². The number of likely N-dealkylation sites (N-methyl/N-ethyl adjacent to an activating group) is 1. The Bertz CT molecular complexity index is 559. The highest BCUT2D eigenvalue weighted by atomic mass is 15.3. The Morgan fingerprint density at radius 3 is 2.70 bits per heavy atom. The smallest absolute Gasteiger partial charge is 0.0596 e. The van der Waals surface area contributed by atoms with Crippen molar-refractivity contribution in [1.29, 1.82) is 0 Å². The topological polar surface area (TPSA) is 42.7 Å². The summed E-state index contributed by atoms with van der Waals surface area (Å²) in [6.07, 6.45) is 2.80. The maximum atomic E-state index is 4.52. The fourth-order valence-electron chi connectivity index (χ4n) is 2.52. The van der Waals surface area contributed by atoms with Crippen LogP contribution in [0.3, 0.4) is 0 Å². The minimum atomic E-state index is 0.237. The molecule has 1 unspecified atom stereocenters. The number of hydrogen-bond acceptors (Lipinski definition) is 3. The summed E-state index contributed by atoms with van der Waals surface area (Å²) in [5.74, 6) is 0. The SMILES string of the molecule is CCNC(Cc1cc(C)nn1CC)c1cc(C)ccn1. The van der Waals surface area contributed by atoms with E-state index in [1.165, 1.54) is 11.3 Å². The molecule has 1 atom stereocenters. The van der Waals surface area contributed by atoms with Crippen LogP contribution < -0.4 is 5.32 Å². The third-order valence-electron chi connectivity index (χ3n) is 3.44. The highest BCUT2D eigenvalue weighted by Crippen LogP contribution is 2.18. The Hall–Kier alpha value is -1.68. The van der Waals surface area contributed by atoms with E-state index in [1.54, 1.807) is 0 Å². The molecule has 0 saturated carbocycles. The normalized spacial score (nSPS) is 12.6. The summed E-state index contributed by atoms with van der Waals surface area (Å²) < 4.78 is 2.08. The Balaban J connectivity index is 2.25. The Morgan fingerprint density at radius 1 is 1.25 bits per heavy atom. The zero-order valence-electron chi connectivity index (χ0n) is 12.8. The van der Waals surface area contributed by atoms with Crippen molar-refractivity contribution in [3.05, 3.63) is 47.0 Å². The van der Waals surface area contributed by atoms with Gasteiger partial charge in [0.05, 0.1) is 17.4 Å². The minimum absolute atomic E-state index is 0.237. The lowest BCUT2D eigenvalue weighted by Gasteiger charge is -2.18. The molecule has 4 nitrogen and oxygen atoms in total. The highest BCUT2D eigenvalue weighted by molar-refractivity contribution is 5.20. The van der Waals surface area contributed by atoms with Crippen molar-refractivity contribution in [3.8, 4) is 0 Å². The van der Waals surface area contributed by atoms with Gasteiger partial charge in [0.1, 0.15) is 0 Å². The monoisotopic (exact) mass is 272 g/mol. The van der Waals surface area contributed by atoms with E-state index >= 15 is 0 Å². The van der Waals surface area contributed by atoms with Gasteiger partial charge in [0, 0.05) is 24.9 Å². The molecule has 0 aliphatic heterocycles. The second kappa shape index (κ2) is 6.66. The number of aryl methyl sites for hydroxylation is 3. The van der Waals surface area contributed by atoms with Gasteiger partial charge in [0.15, 0.2) is 0 Å². The molecular formula is C16H24N4. The summed E-state index contributed by atoms with van der Waals surface area (Å²) in [4.78, 5) is 4.52. The van der Waals surface area contributed by atoms with Gasteiger partial charge in [0.2, 0.25) is 0 Å². The lowest BCUT2D eigenvalue weighted by atomic mass is 10.1. The Labute approximate surface area is 121 Å². The summed E-state index contributed by atoms with van der Waals surface area (Å²) in [6, 6.07) is 6.60. The summed E-state index contributed by atoms with van der Waals surface area (Å²) in [7, 11) is 0. The van der Waals surface area contributed by atoms with Gasteiger partial charge in [-0.15, -0.1) is 0 Å². The number of nitrogens with one attached hydrogen (secondary N) is 1. The first-order valence-electron chi connectivity index (χ1n) is 7.33. The molecule has 2 heterocycles. The van der Waals surface area contributed by atoms with E-state index in [0.717, 1.165) is 30.9 Å². The molecule has 0 amide bonds. The Morgan fingerprint density at radius 2 is 2.05 bits per heavy atom. The highest BCUT2D eigenvalue weighted by Gasteiger charge is 2.15. The maximum Gasteiger partial charge on any atom is 0.0596 e. The summed E-state index contributed by atoms with van der Waals surface area (Å²) >= 11 is 0. The predicted octanol–water partition coefficient (Wildman–Crippen LogP) is 2.81. The van der Waals surface area contributed by atoms with Crippen molar-refractivity contribution in [1.82, 2.24) is 20.1 Å². The Kier molecular flexibility index (Phi) is 4.90. The molecule has 2 aromatic heterocycles. The van der Waals surface area contributed by atoms with Crippen LogP contribution in [0.25, 0.3) is 0 Å². The molecule has 0 radical (unpaired) electrons. The standard InChI is InChI=1S/C16H24N4/c1-5-17-16(15-9-12(3)7-8-18-15)11-14-10-13(4)19-20(14)6-2/h7-10,16-17H,5-6,11H2,1-4H3. The molecule has 4 heteroatoms. The zero-order valence-corrected chi connectivity index (χ0v) is 12.8. The van der Waals surface area contributed by atoms with Crippen molar-refractivity contribution in [2.75, 3.05) is 6.54 Å². The molecule has 0 aliphatic carbocycles. The predicted molar refractivity (Wildman–Crippen MR) is 81.7 cm³/mol. The first kappa shape index (κ1) is 14.7. The van der Waals surface area contributed by atoms with Crippen LogP contribution in [0, 0.1) is 13.8 Å². The molecule has 108 valence electrons. The number of rotatable bonds is 6. The molecule has 0 bridgehead atoms. The first-order chi connectivity index (χ1) is 9.63. The number of nitrogens with zero attached hydrogens (tertiary/aromatic N) is 3. The molecule has 0 aromatic carbocycles. The minimum Gasteiger partial charge on any atom is -0.309 e. The third-order valence-corrected chi connectivity index (χ3v) is 3.44. The maximum absolute atomic E-state index is 4.52. The van der Waals surface area contributed by atoms with Gasteiger partial charge < -0.3 is 5.32 Å². The molecule has 0 aliphatic rings. The molecule has 0 spiro atoms. The van der Waals surface area contributed by atoms with E-state index in [4.69, 9.17) is 0 Å². The van der Waals surface area contributed by atoms with Gasteiger partial charge >= 0.3 is 0 Å². The van der Waals surface area contributed by atoms with E-state index in [9.17, 15) is 0 Å². The second-order valence-electron chi connectivity index (χ2n) is 5.17. The van der Waals surface area contributed by atoms with Crippen molar-refractivity contribution in [2.24, 2.45) is 0 Å². The molecule has 1 N–H and O–H groups in total. The number of aromatic nitrogens is 3. The van der Waals surface area contributed by atoms with Crippen LogP contribution >= 0.6 is 0 Å². The van der Waals surface area contributed by atoms with Gasteiger partial charge in [-0.2, -0.15) is 5.10 Å². The lowest BCUT2D eigenvalue weighted by molar-refractivity contribution is 0.506. The average Bonchev–Trinajstić information content (AvgIpc) is 2.78. The van der Waals surface area contributed by atoms with Crippen LogP contribution in [0.15, 0.2) is 24.4 Å². The fourth-order valence-corrected chi connectivity index (χ4v) is 2.52. The van der Waals surface area contributed by atoms with Gasteiger partial charge in [-0.25, -0.2) is 0 Å². The largest absolute Gasteiger partial charge is 0.309 e. The van der Waals surface area contributed by atoms with Crippen LogP contribution in [0.5, 0.6) is 0 Å². The average molecular weight is 272 g/mol. The summed E-state index contributed by atoms with van der Waals surface area (Å²) in [6.45, 7) is 10.2. The zero-order chi connectivity index (χ0) is 14.5. The third kappa shape index (κ3) is 3.45. The van der Waals surface area contributed by atoms with E-state index in [-0.39, 0.29) is 6.04 Å². The van der Waals surface area contributed by atoms with Gasteiger partial charge in [-0.05, 0) is 51.1 Å². The van der Waals surface area contributed by atoms with Crippen molar-refractivity contribution < 1.29 is 0 Å². The van der Waals surface area contributed by atoms with Crippen molar-refractivity contribution in [2.45, 2.75) is 46.7 Å². The van der Waals surface area contributed by atoms with Crippen LogP contribution in [0.2, 0.25) is 0 Å². The van der Waals surface area contributed by atoms with E-state index in [2.05, 4.69) is 53.0 Å². The molecule has 2 aromatic rings. The number of hydrogen-bond donors (Lipinski definition) is 1. The molecule has 2 rings (SSSR count). The summed E-state index contributed by atoms with van der Waals surface area (Å²) in [5.41, 5.74) is 4.69. The van der Waals surface area contributed by atoms with E-state index in [1.807, 2.05) is 19.2 Å². The van der Waals surface area contributed by atoms with Crippen molar-refractivity contribution in [3.63, 3.8) is 0 Å². The quantitative estimate of drug-likeness (QED) is 0.879. The first-order valence-corrected chi connectivity index (χ1v) is 7.33. The fraction of sp³-hybridized carbons (Fsp3) is 0.500. The van der Waals surface area contributed by atoms with Crippen LogP contribution in [-0.4, -0.2) is 21.3 Å². The molecule has 20 heavy (non-hydrogen) atoms. The van der Waals surface area contributed by atoms with Crippen molar-refractivity contribution >= 4 is 0 Å². The lowest BCUT2D eigenvalue weighted by Crippen LogP contribution is -2.25. The van der Waals surface area contributed by atoms with Crippen LogP contribution in [0.1, 0.15) is 42.5 Å². The van der Waals surface area contributed by atoms with Crippen LogP contribution in [0.4, 0.5) is 0 Å². The van der Waals surface area contributed by atoms with Crippen LogP contribution in [-0.2, 0) is 13.0 Å². The second-order valence-corrected chi connectivity index (χ2v) is 5.17. The summed E-state index contributed by atoms with van der Waals surface area (Å²) in [5, 5.41) is 8.05. The van der Waals surface area contributed by atoms with Gasteiger partial charge in [-0.3, -0.25) is 9.67 Å². The molecule has 0 fully saturated rings. The number of pyridine rings is 1. The molecular weight excluding hydrogens is 248 g/mol. The molecule has 0 saturated heterocycles. The van der Waals surface area contributed by atoms with E-state index < -0.39 is 0 Å².